The second kappa shape index (κ2) is 8.64. The summed E-state index contributed by atoms with van der Waals surface area (Å²) in [5.74, 6) is -0.474. The first kappa shape index (κ1) is 23.0. The van der Waals surface area contributed by atoms with Crippen LogP contribution in [-0.2, 0) is 22.9 Å². The van der Waals surface area contributed by atoms with Crippen molar-refractivity contribution in [3.63, 3.8) is 0 Å². The van der Waals surface area contributed by atoms with Crippen LogP contribution in [0.3, 0.4) is 0 Å². The molecule has 2 aliphatic heterocycles. The summed E-state index contributed by atoms with van der Waals surface area (Å²) < 4.78 is 49.0. The van der Waals surface area contributed by atoms with Crippen LogP contribution in [0, 0.1) is 5.82 Å². The fourth-order valence-electron chi connectivity index (χ4n) is 3.66. The second-order valence-electron chi connectivity index (χ2n) is 7.75. The number of hydrogen-bond donors (Lipinski definition) is 3. The largest absolute Gasteiger partial charge is 0.475 e. The standard InChI is InChI=1S/C19H23FN3O8P/c1-19(26)16(24)14(30-17(19)23-7-5-15(21)22-18(23)25)10-29-32(27)28-8-6-13(31-32)11-3-2-4-12(20)9-11/h2-5,7,9,13-14,16-17,24,26H,6,8,10H2,1H3,(H2,21,22,25)/t13?,14-,16-,17-,19-,32?/m1/s1. The van der Waals surface area contributed by atoms with E-state index in [9.17, 15) is 24.0 Å². The summed E-state index contributed by atoms with van der Waals surface area (Å²) >= 11 is 0. The van der Waals surface area contributed by atoms with Crippen molar-refractivity contribution in [2.45, 2.75) is 43.5 Å². The van der Waals surface area contributed by atoms with Crippen LogP contribution in [0.15, 0.2) is 41.3 Å². The van der Waals surface area contributed by atoms with Crippen LogP contribution in [0.4, 0.5) is 10.2 Å². The fraction of sp³-hybridized carbons (Fsp3) is 0.474. The number of ether oxygens (including phenoxy) is 1. The molecule has 4 rings (SSSR count). The van der Waals surface area contributed by atoms with E-state index in [2.05, 4.69) is 4.98 Å². The quantitative estimate of drug-likeness (QED) is 0.543. The highest BCUT2D eigenvalue weighted by atomic mass is 31.2. The average Bonchev–Trinajstić information content (AvgIpc) is 2.96. The normalized spacial score (nSPS) is 35.1. The number of aliphatic hydroxyl groups excluding tert-OH is 1. The molecule has 4 N–H and O–H groups in total. The molecule has 0 radical (unpaired) electrons. The van der Waals surface area contributed by atoms with E-state index in [1.807, 2.05) is 0 Å². The van der Waals surface area contributed by atoms with Crippen molar-refractivity contribution in [1.29, 1.82) is 0 Å². The Kier molecular flexibility index (Phi) is 6.21. The molecular weight excluding hydrogens is 448 g/mol. The van der Waals surface area contributed by atoms with Crippen LogP contribution >= 0.6 is 7.82 Å². The fourth-order valence-corrected chi connectivity index (χ4v) is 5.05. The van der Waals surface area contributed by atoms with Gasteiger partial charge in [0.05, 0.1) is 19.3 Å². The van der Waals surface area contributed by atoms with Crippen LogP contribution in [0.5, 0.6) is 0 Å². The summed E-state index contributed by atoms with van der Waals surface area (Å²) in [4.78, 5) is 15.7. The Hall–Kier alpha value is -2.18. The van der Waals surface area contributed by atoms with Gasteiger partial charge in [-0.1, -0.05) is 12.1 Å². The van der Waals surface area contributed by atoms with Crippen LogP contribution in [-0.4, -0.2) is 50.8 Å². The number of aliphatic hydroxyl groups is 2. The van der Waals surface area contributed by atoms with E-state index in [4.69, 9.17) is 24.0 Å². The topological polar surface area (TPSA) is 155 Å². The number of aromatic nitrogens is 2. The zero-order valence-electron chi connectivity index (χ0n) is 17.0. The molecule has 2 fully saturated rings. The van der Waals surface area contributed by atoms with Gasteiger partial charge in [0.25, 0.3) is 0 Å². The van der Waals surface area contributed by atoms with Crippen molar-refractivity contribution < 1.29 is 37.5 Å². The Balaban J connectivity index is 1.46. The molecule has 0 amide bonds. The molecule has 0 spiro atoms. The highest BCUT2D eigenvalue weighted by Crippen LogP contribution is 2.57. The number of nitrogens with zero attached hydrogens (tertiary/aromatic N) is 2. The minimum atomic E-state index is -4.07. The summed E-state index contributed by atoms with van der Waals surface area (Å²) in [7, 11) is -4.07. The first-order valence-electron chi connectivity index (χ1n) is 9.82. The third-order valence-electron chi connectivity index (χ3n) is 5.36. The number of nitrogen functional groups attached to an aromatic ring is 1. The first-order chi connectivity index (χ1) is 15.1. The van der Waals surface area contributed by atoms with Gasteiger partial charge in [-0.3, -0.25) is 18.1 Å². The van der Waals surface area contributed by atoms with Crippen LogP contribution in [0.1, 0.15) is 31.2 Å². The average molecular weight is 471 g/mol. The zero-order valence-corrected chi connectivity index (χ0v) is 17.9. The Bertz CT molecular complexity index is 1100. The Morgan fingerprint density at radius 3 is 2.94 bits per heavy atom. The molecule has 2 unspecified atom stereocenters. The van der Waals surface area contributed by atoms with Gasteiger partial charge in [-0.15, -0.1) is 0 Å². The molecule has 1 aromatic heterocycles. The maximum absolute atomic E-state index is 13.5. The lowest BCUT2D eigenvalue weighted by Gasteiger charge is -2.30. The predicted molar refractivity (Wildman–Crippen MR) is 108 cm³/mol. The van der Waals surface area contributed by atoms with E-state index < -0.39 is 56.1 Å². The zero-order chi connectivity index (χ0) is 23.1. The van der Waals surface area contributed by atoms with Gasteiger partial charge >= 0.3 is 13.5 Å². The molecule has 3 heterocycles. The first-order valence-corrected chi connectivity index (χ1v) is 11.3. The second-order valence-corrected chi connectivity index (χ2v) is 9.38. The van der Waals surface area contributed by atoms with E-state index in [1.54, 1.807) is 6.07 Å². The highest BCUT2D eigenvalue weighted by molar-refractivity contribution is 7.48. The summed E-state index contributed by atoms with van der Waals surface area (Å²) in [6, 6.07) is 7.03. The molecule has 0 aliphatic carbocycles. The third kappa shape index (κ3) is 4.48. The van der Waals surface area contributed by atoms with Crippen molar-refractivity contribution in [2.24, 2.45) is 0 Å². The lowest BCUT2D eigenvalue weighted by Crippen LogP contribution is -2.46. The van der Waals surface area contributed by atoms with Crippen molar-refractivity contribution in [1.82, 2.24) is 9.55 Å². The Morgan fingerprint density at radius 1 is 1.44 bits per heavy atom. The summed E-state index contributed by atoms with van der Waals surface area (Å²) in [6.07, 6.45) is -3.09. The van der Waals surface area contributed by atoms with Crippen molar-refractivity contribution in [3.8, 4) is 0 Å². The number of hydrogen-bond acceptors (Lipinski definition) is 10. The molecule has 13 heteroatoms. The van der Waals surface area contributed by atoms with E-state index >= 15 is 0 Å². The predicted octanol–water partition coefficient (Wildman–Crippen LogP) is 1.28. The van der Waals surface area contributed by atoms with E-state index in [0.717, 1.165) is 4.57 Å². The number of rotatable bonds is 5. The van der Waals surface area contributed by atoms with Gasteiger partial charge in [-0.2, -0.15) is 4.98 Å². The molecule has 0 saturated carbocycles. The lowest BCUT2D eigenvalue weighted by atomic mass is 9.96. The van der Waals surface area contributed by atoms with E-state index in [-0.39, 0.29) is 12.4 Å². The molecule has 0 bridgehead atoms. The monoisotopic (exact) mass is 471 g/mol. The molecule has 2 aliphatic rings. The molecule has 174 valence electrons. The van der Waals surface area contributed by atoms with Gasteiger partial charge in [0.1, 0.15) is 29.4 Å². The SMILES string of the molecule is C[C@@]1(O)[C@H](O)[C@@H](COP2(=O)OCCC(c3cccc(F)c3)O2)O[C@H]1n1ccc(N)nc1=O. The Morgan fingerprint density at radius 2 is 2.22 bits per heavy atom. The maximum atomic E-state index is 13.5. The molecule has 2 aromatic rings. The van der Waals surface area contributed by atoms with Crippen LogP contribution in [0.2, 0.25) is 0 Å². The lowest BCUT2D eigenvalue weighted by molar-refractivity contribution is -0.0989. The third-order valence-corrected chi connectivity index (χ3v) is 6.84. The van der Waals surface area contributed by atoms with Gasteiger partial charge in [0, 0.05) is 12.6 Å². The highest BCUT2D eigenvalue weighted by Gasteiger charge is 2.54. The maximum Gasteiger partial charge on any atom is 0.475 e. The summed E-state index contributed by atoms with van der Waals surface area (Å²) in [6.45, 7) is 0.846. The molecule has 6 atom stereocenters. The number of nitrogens with two attached hydrogens (primary N) is 1. The van der Waals surface area contributed by atoms with Crippen LogP contribution in [0.25, 0.3) is 0 Å². The molecule has 1 aromatic carbocycles. The van der Waals surface area contributed by atoms with Gasteiger partial charge < -0.3 is 20.7 Å². The molecule has 11 nitrogen and oxygen atoms in total. The molecule has 32 heavy (non-hydrogen) atoms. The van der Waals surface area contributed by atoms with Crippen LogP contribution < -0.4 is 11.4 Å². The number of anilines is 1. The van der Waals surface area contributed by atoms with Crippen molar-refractivity contribution in [3.05, 3.63) is 58.4 Å². The van der Waals surface area contributed by atoms with Crippen molar-refractivity contribution >= 4 is 13.6 Å². The minimum absolute atomic E-state index is 0.0122. The van der Waals surface area contributed by atoms with Gasteiger partial charge in [-0.05, 0) is 30.7 Å². The van der Waals surface area contributed by atoms with Gasteiger partial charge in [0.15, 0.2) is 6.23 Å². The van der Waals surface area contributed by atoms with Gasteiger partial charge in [-0.25, -0.2) is 13.8 Å². The molecular formula is C19H23FN3O8P. The summed E-state index contributed by atoms with van der Waals surface area (Å²) in [5, 5.41) is 21.3. The van der Waals surface area contributed by atoms with E-state index in [0.29, 0.717) is 12.0 Å². The van der Waals surface area contributed by atoms with E-state index in [1.165, 1.54) is 37.4 Å². The molecule has 2 saturated heterocycles. The smallest absolute Gasteiger partial charge is 0.387 e. The number of halogens is 1. The Labute approximate surface area is 182 Å². The van der Waals surface area contributed by atoms with Crippen molar-refractivity contribution in [2.75, 3.05) is 18.9 Å². The number of benzene rings is 1. The summed E-state index contributed by atoms with van der Waals surface area (Å²) in [5.41, 5.74) is 3.27. The van der Waals surface area contributed by atoms with Gasteiger partial charge in [0.2, 0.25) is 0 Å². The number of phosphoric ester groups is 1. The minimum Gasteiger partial charge on any atom is -0.387 e. The number of phosphoric acid groups is 1.